The lowest BCUT2D eigenvalue weighted by atomic mass is 10.3. The molecule has 0 saturated heterocycles. The van der Waals surface area contributed by atoms with Gasteiger partial charge in [0.05, 0.1) is 18.1 Å². The predicted molar refractivity (Wildman–Crippen MR) is 76.6 cm³/mol. The molecule has 0 radical (unpaired) electrons. The maximum atomic E-state index is 11.4. The van der Waals surface area contributed by atoms with Gasteiger partial charge in [-0.2, -0.15) is 0 Å². The Morgan fingerprint density at radius 2 is 1.90 bits per heavy atom. The van der Waals surface area contributed by atoms with Crippen LogP contribution in [0.5, 0.6) is 5.75 Å². The third-order valence-electron chi connectivity index (χ3n) is 2.39. The van der Waals surface area contributed by atoms with E-state index >= 15 is 0 Å². The molecule has 0 fully saturated rings. The van der Waals surface area contributed by atoms with Crippen LogP contribution in [0.15, 0.2) is 17.0 Å². The molecule has 0 bridgehead atoms. The minimum Gasteiger partial charge on any atom is -0.491 e. The summed E-state index contributed by atoms with van der Waals surface area (Å²) in [5.41, 5.74) is 0. The average molecular weight is 341 g/mol. The van der Waals surface area contributed by atoms with Crippen molar-refractivity contribution in [1.29, 1.82) is 0 Å². The van der Waals surface area contributed by atoms with E-state index in [9.17, 15) is 13.2 Å². The first-order chi connectivity index (χ1) is 9.14. The second kappa shape index (κ2) is 6.62. The van der Waals surface area contributed by atoms with Gasteiger partial charge in [-0.15, -0.1) is 0 Å². The van der Waals surface area contributed by atoms with E-state index in [-0.39, 0.29) is 39.6 Å². The summed E-state index contributed by atoms with van der Waals surface area (Å²) in [4.78, 5) is 12.5. The molecule has 0 aliphatic heterocycles. The molecule has 6 nitrogen and oxygen atoms in total. The van der Waals surface area contributed by atoms with Crippen LogP contribution in [-0.2, 0) is 14.8 Å². The van der Waals surface area contributed by atoms with Crippen molar-refractivity contribution < 1.29 is 17.9 Å². The molecule has 0 heterocycles. The van der Waals surface area contributed by atoms with Gasteiger partial charge < -0.3 is 9.64 Å². The standard InChI is InChI=1S/C11H14Cl2N2O4S/c1-15(2)9(16)5-6-19-7-3-4-8(20(14,17)18)11(13)10(7)12/h3-4H,5-6H2,1-2H3,(H2,14,17,18). The number of benzene rings is 1. The highest BCUT2D eigenvalue weighted by Crippen LogP contribution is 2.36. The normalized spacial score (nSPS) is 11.2. The zero-order valence-corrected chi connectivity index (χ0v) is 13.2. The van der Waals surface area contributed by atoms with Crippen LogP contribution in [0.4, 0.5) is 0 Å². The highest BCUT2D eigenvalue weighted by atomic mass is 35.5. The zero-order chi connectivity index (χ0) is 15.5. The molecule has 2 N–H and O–H groups in total. The Bertz CT molecular complexity index is 617. The van der Waals surface area contributed by atoms with Crippen LogP contribution in [0.25, 0.3) is 0 Å². The van der Waals surface area contributed by atoms with E-state index in [1.165, 1.54) is 17.0 Å². The molecule has 1 rings (SSSR count). The Hall–Kier alpha value is -1.02. The number of carbonyl (C=O) groups excluding carboxylic acids is 1. The molecule has 0 aromatic heterocycles. The predicted octanol–water partition coefficient (Wildman–Crippen LogP) is 1.50. The van der Waals surface area contributed by atoms with Gasteiger partial charge in [0.25, 0.3) is 0 Å². The first-order valence-electron chi connectivity index (χ1n) is 5.48. The van der Waals surface area contributed by atoms with Crippen molar-refractivity contribution in [2.24, 2.45) is 5.14 Å². The molecule has 112 valence electrons. The maximum absolute atomic E-state index is 11.4. The monoisotopic (exact) mass is 340 g/mol. The number of ether oxygens (including phenoxy) is 1. The van der Waals surface area contributed by atoms with Gasteiger partial charge in [-0.1, -0.05) is 23.2 Å². The van der Waals surface area contributed by atoms with Gasteiger partial charge in [-0.05, 0) is 12.1 Å². The highest BCUT2D eigenvalue weighted by molar-refractivity contribution is 7.89. The fourth-order valence-electron chi connectivity index (χ4n) is 1.32. The smallest absolute Gasteiger partial charge is 0.239 e. The van der Waals surface area contributed by atoms with Gasteiger partial charge in [-0.3, -0.25) is 4.79 Å². The summed E-state index contributed by atoms with van der Waals surface area (Å²) >= 11 is 11.7. The number of halogens is 2. The summed E-state index contributed by atoms with van der Waals surface area (Å²) in [6, 6.07) is 2.54. The minimum absolute atomic E-state index is 0.0597. The zero-order valence-electron chi connectivity index (χ0n) is 10.9. The average Bonchev–Trinajstić information content (AvgIpc) is 2.32. The number of nitrogens with zero attached hydrogens (tertiary/aromatic N) is 1. The molecule has 9 heteroatoms. The van der Waals surface area contributed by atoms with Crippen molar-refractivity contribution in [1.82, 2.24) is 4.90 Å². The number of nitrogens with two attached hydrogens (primary N) is 1. The lowest BCUT2D eigenvalue weighted by molar-refractivity contribution is -0.129. The Morgan fingerprint density at radius 1 is 1.30 bits per heavy atom. The molecule has 0 spiro atoms. The van der Waals surface area contributed by atoms with Gasteiger partial charge >= 0.3 is 0 Å². The molecule has 0 aliphatic rings. The molecular weight excluding hydrogens is 327 g/mol. The number of amides is 1. The minimum atomic E-state index is -3.95. The van der Waals surface area contributed by atoms with Gasteiger partial charge in [0, 0.05) is 14.1 Å². The Labute approximate surface area is 127 Å². The quantitative estimate of drug-likeness (QED) is 0.879. The first kappa shape index (κ1) is 17.0. The van der Waals surface area contributed by atoms with Crippen molar-refractivity contribution in [3.63, 3.8) is 0 Å². The van der Waals surface area contributed by atoms with Crippen molar-refractivity contribution >= 4 is 39.1 Å². The van der Waals surface area contributed by atoms with E-state index in [0.717, 1.165) is 0 Å². The van der Waals surface area contributed by atoms with Crippen molar-refractivity contribution in [3.05, 3.63) is 22.2 Å². The summed E-state index contributed by atoms with van der Waals surface area (Å²) in [5, 5.41) is 4.72. The number of rotatable bonds is 5. The third kappa shape index (κ3) is 4.24. The van der Waals surface area contributed by atoms with Crippen LogP contribution >= 0.6 is 23.2 Å². The molecule has 0 atom stereocenters. The molecule has 0 saturated carbocycles. The van der Waals surface area contributed by atoms with Crippen LogP contribution in [-0.4, -0.2) is 39.9 Å². The van der Waals surface area contributed by atoms with Crippen molar-refractivity contribution in [3.8, 4) is 5.75 Å². The summed E-state index contributed by atoms with van der Waals surface area (Å²) in [5.74, 6) is 0.0870. The van der Waals surface area contributed by atoms with Crippen LogP contribution in [0.3, 0.4) is 0 Å². The van der Waals surface area contributed by atoms with Crippen LogP contribution in [0.1, 0.15) is 6.42 Å². The van der Waals surface area contributed by atoms with E-state index in [4.69, 9.17) is 33.1 Å². The van der Waals surface area contributed by atoms with Crippen LogP contribution in [0.2, 0.25) is 10.0 Å². The molecule has 0 aliphatic carbocycles. The second-order valence-electron chi connectivity index (χ2n) is 4.12. The third-order valence-corrected chi connectivity index (χ3v) is 4.32. The molecule has 1 aromatic carbocycles. The molecule has 0 unspecified atom stereocenters. The molecule has 1 aromatic rings. The highest BCUT2D eigenvalue weighted by Gasteiger charge is 2.18. The number of hydrogen-bond acceptors (Lipinski definition) is 4. The molecule has 20 heavy (non-hydrogen) atoms. The SMILES string of the molecule is CN(C)C(=O)CCOc1ccc(S(N)(=O)=O)c(Cl)c1Cl. The van der Waals surface area contributed by atoms with Gasteiger partial charge in [0.2, 0.25) is 15.9 Å². The number of hydrogen-bond donors (Lipinski definition) is 1. The van der Waals surface area contributed by atoms with Gasteiger partial charge in [0.1, 0.15) is 15.7 Å². The Balaban J connectivity index is 2.84. The van der Waals surface area contributed by atoms with E-state index in [1.807, 2.05) is 0 Å². The van der Waals surface area contributed by atoms with E-state index in [0.29, 0.717) is 0 Å². The van der Waals surface area contributed by atoms with Crippen LogP contribution in [0, 0.1) is 0 Å². The van der Waals surface area contributed by atoms with Crippen LogP contribution < -0.4 is 9.88 Å². The fraction of sp³-hybridized carbons (Fsp3) is 0.364. The van der Waals surface area contributed by atoms with Crippen molar-refractivity contribution in [2.75, 3.05) is 20.7 Å². The lowest BCUT2D eigenvalue weighted by Gasteiger charge is -2.13. The second-order valence-corrected chi connectivity index (χ2v) is 6.41. The fourth-order valence-corrected chi connectivity index (χ4v) is 2.68. The summed E-state index contributed by atoms with van der Waals surface area (Å²) < 4.78 is 27.8. The summed E-state index contributed by atoms with van der Waals surface area (Å²) in [7, 11) is -0.687. The lowest BCUT2D eigenvalue weighted by Crippen LogP contribution is -2.23. The first-order valence-corrected chi connectivity index (χ1v) is 7.78. The van der Waals surface area contributed by atoms with Gasteiger partial charge in [0.15, 0.2) is 0 Å². The van der Waals surface area contributed by atoms with E-state index in [1.54, 1.807) is 14.1 Å². The number of primary sulfonamides is 1. The largest absolute Gasteiger partial charge is 0.491 e. The number of carbonyl (C=O) groups is 1. The molecular formula is C11H14Cl2N2O4S. The van der Waals surface area contributed by atoms with Crippen molar-refractivity contribution in [2.45, 2.75) is 11.3 Å². The van der Waals surface area contributed by atoms with Gasteiger partial charge in [-0.25, -0.2) is 13.6 Å². The topological polar surface area (TPSA) is 89.7 Å². The van der Waals surface area contributed by atoms with E-state index < -0.39 is 10.0 Å². The van der Waals surface area contributed by atoms with E-state index in [2.05, 4.69) is 0 Å². The summed E-state index contributed by atoms with van der Waals surface area (Å²) in [6.45, 7) is 0.0990. The summed E-state index contributed by atoms with van der Waals surface area (Å²) in [6.07, 6.45) is 0.165. The number of sulfonamides is 1. The Kier molecular flexibility index (Phi) is 5.64. The maximum Gasteiger partial charge on any atom is 0.239 e. The Morgan fingerprint density at radius 3 is 2.40 bits per heavy atom. The molecule has 1 amide bonds.